The van der Waals surface area contributed by atoms with Crippen molar-refractivity contribution < 1.29 is 0 Å². The maximum atomic E-state index is 4.56. The molecule has 0 bridgehead atoms. The highest BCUT2D eigenvalue weighted by Crippen LogP contribution is 2.22. The summed E-state index contributed by atoms with van der Waals surface area (Å²) >= 11 is 1.68. The van der Waals surface area contributed by atoms with Crippen molar-refractivity contribution in [3.63, 3.8) is 0 Å². The first-order chi connectivity index (χ1) is 11.3. The lowest BCUT2D eigenvalue weighted by Crippen LogP contribution is -2.06. The van der Waals surface area contributed by atoms with E-state index in [0.29, 0.717) is 12.3 Å². The first-order valence-corrected chi connectivity index (χ1v) is 8.02. The molecule has 6 nitrogen and oxygen atoms in total. The summed E-state index contributed by atoms with van der Waals surface area (Å²) in [6.45, 7) is 2.70. The van der Waals surface area contributed by atoms with Crippen molar-refractivity contribution in [3.05, 3.63) is 58.8 Å². The minimum absolute atomic E-state index is 0.578. The summed E-state index contributed by atoms with van der Waals surface area (Å²) in [4.78, 5) is 14.2. The Labute approximate surface area is 136 Å². The van der Waals surface area contributed by atoms with Gasteiger partial charge >= 0.3 is 0 Å². The molecule has 0 aliphatic rings. The molecule has 0 unspecified atom stereocenters. The molecule has 0 atom stereocenters. The zero-order chi connectivity index (χ0) is 15.6. The number of nitrogens with one attached hydrogen (secondary N) is 1. The van der Waals surface area contributed by atoms with Gasteiger partial charge in [-0.15, -0.1) is 11.3 Å². The van der Waals surface area contributed by atoms with Gasteiger partial charge in [-0.05, 0) is 6.92 Å². The van der Waals surface area contributed by atoms with E-state index in [0.717, 1.165) is 22.1 Å². The zero-order valence-electron chi connectivity index (χ0n) is 12.5. The van der Waals surface area contributed by atoms with Crippen molar-refractivity contribution in [2.45, 2.75) is 13.5 Å². The Morgan fingerprint density at radius 1 is 1.17 bits per heavy atom. The molecule has 0 spiro atoms. The summed E-state index contributed by atoms with van der Waals surface area (Å²) in [7, 11) is 0. The normalized spacial score (nSPS) is 11.0. The van der Waals surface area contributed by atoms with E-state index in [1.165, 1.54) is 11.2 Å². The molecule has 0 saturated carbocycles. The number of nitrogens with zero attached hydrogens (tertiary/aromatic N) is 5. The fourth-order valence-corrected chi connectivity index (χ4v) is 3.09. The van der Waals surface area contributed by atoms with Crippen molar-refractivity contribution in [2.24, 2.45) is 0 Å². The number of benzene rings is 1. The van der Waals surface area contributed by atoms with Gasteiger partial charge in [-0.2, -0.15) is 14.6 Å². The third-order valence-electron chi connectivity index (χ3n) is 3.43. The molecule has 0 saturated heterocycles. The quantitative estimate of drug-likeness (QED) is 0.625. The van der Waals surface area contributed by atoms with Crippen LogP contribution >= 0.6 is 11.3 Å². The molecular formula is C16H14N6S. The second kappa shape index (κ2) is 5.77. The van der Waals surface area contributed by atoms with Crippen LogP contribution < -0.4 is 5.32 Å². The summed E-state index contributed by atoms with van der Waals surface area (Å²) in [5, 5.41) is 8.71. The van der Waals surface area contributed by atoms with Gasteiger partial charge in [0.15, 0.2) is 0 Å². The standard InChI is InChI=1S/C16H14N6S/c1-11-17-8-13(23-11)9-18-15-7-14(12-5-3-2-4-6-12)21-16-19-10-20-22(15)16/h2-8,10,18H,9H2,1H3. The molecule has 1 N–H and O–H groups in total. The number of fused-ring (bicyclic) bond motifs is 1. The van der Waals surface area contributed by atoms with E-state index in [1.54, 1.807) is 15.9 Å². The summed E-state index contributed by atoms with van der Waals surface area (Å²) in [6.07, 6.45) is 3.41. The Balaban J connectivity index is 1.71. The van der Waals surface area contributed by atoms with Gasteiger partial charge in [-0.3, -0.25) is 0 Å². The summed E-state index contributed by atoms with van der Waals surface area (Å²) in [5.41, 5.74) is 1.92. The molecule has 0 radical (unpaired) electrons. The van der Waals surface area contributed by atoms with Crippen molar-refractivity contribution >= 4 is 22.9 Å². The van der Waals surface area contributed by atoms with Crippen molar-refractivity contribution in [3.8, 4) is 11.3 Å². The van der Waals surface area contributed by atoms with E-state index < -0.39 is 0 Å². The van der Waals surface area contributed by atoms with Crippen molar-refractivity contribution in [1.82, 2.24) is 24.6 Å². The number of thiazole rings is 1. The number of hydrogen-bond donors (Lipinski definition) is 1. The second-order valence-electron chi connectivity index (χ2n) is 5.06. The average molecular weight is 322 g/mol. The molecule has 0 aliphatic heterocycles. The summed E-state index contributed by atoms with van der Waals surface area (Å²) in [5.74, 6) is 1.44. The van der Waals surface area contributed by atoms with Crippen LogP contribution in [0.2, 0.25) is 0 Å². The Bertz CT molecular complexity index is 944. The van der Waals surface area contributed by atoms with E-state index in [2.05, 4.69) is 25.4 Å². The fraction of sp³-hybridized carbons (Fsp3) is 0.125. The lowest BCUT2D eigenvalue weighted by Gasteiger charge is -2.09. The number of anilines is 1. The van der Waals surface area contributed by atoms with Crippen LogP contribution in [0.5, 0.6) is 0 Å². The molecule has 7 heteroatoms. The third-order valence-corrected chi connectivity index (χ3v) is 4.35. The average Bonchev–Trinajstić information content (AvgIpc) is 3.22. The molecule has 0 fully saturated rings. The van der Waals surface area contributed by atoms with E-state index in [9.17, 15) is 0 Å². The number of aryl methyl sites for hydroxylation is 1. The Morgan fingerprint density at radius 2 is 2.04 bits per heavy atom. The minimum atomic E-state index is 0.578. The molecule has 23 heavy (non-hydrogen) atoms. The molecule has 3 heterocycles. The number of hydrogen-bond acceptors (Lipinski definition) is 6. The van der Waals surface area contributed by atoms with Crippen LogP contribution in [0.15, 0.2) is 48.9 Å². The van der Waals surface area contributed by atoms with Gasteiger partial charge in [-0.1, -0.05) is 30.3 Å². The van der Waals surface area contributed by atoms with Crippen molar-refractivity contribution in [1.29, 1.82) is 0 Å². The van der Waals surface area contributed by atoms with E-state index >= 15 is 0 Å². The van der Waals surface area contributed by atoms with Gasteiger partial charge in [0.25, 0.3) is 5.78 Å². The highest BCUT2D eigenvalue weighted by Gasteiger charge is 2.09. The topological polar surface area (TPSA) is 68.0 Å². The smallest absolute Gasteiger partial charge is 0.254 e. The van der Waals surface area contributed by atoms with Crippen LogP contribution in [-0.2, 0) is 6.54 Å². The second-order valence-corrected chi connectivity index (χ2v) is 6.38. The van der Waals surface area contributed by atoms with E-state index in [4.69, 9.17) is 0 Å². The number of aromatic nitrogens is 5. The first-order valence-electron chi connectivity index (χ1n) is 7.21. The van der Waals surface area contributed by atoms with E-state index in [-0.39, 0.29) is 0 Å². The van der Waals surface area contributed by atoms with Crippen LogP contribution in [0.4, 0.5) is 5.82 Å². The van der Waals surface area contributed by atoms with Gasteiger partial charge in [0.2, 0.25) is 0 Å². The molecule has 0 aliphatic carbocycles. The minimum Gasteiger partial charge on any atom is -0.365 e. The van der Waals surface area contributed by atoms with Gasteiger partial charge in [0.1, 0.15) is 12.1 Å². The summed E-state index contributed by atoms with van der Waals surface area (Å²) in [6, 6.07) is 12.0. The van der Waals surface area contributed by atoms with Crippen LogP contribution in [0, 0.1) is 6.92 Å². The molecule has 1 aromatic carbocycles. The third kappa shape index (κ3) is 2.78. The SMILES string of the molecule is Cc1ncc(CNc2cc(-c3ccccc3)nc3ncnn23)s1. The Kier molecular flexibility index (Phi) is 3.47. The fourth-order valence-electron chi connectivity index (χ4n) is 2.36. The van der Waals surface area contributed by atoms with Crippen LogP contribution in [0.25, 0.3) is 17.0 Å². The maximum Gasteiger partial charge on any atom is 0.254 e. The number of rotatable bonds is 4. The Morgan fingerprint density at radius 3 is 2.83 bits per heavy atom. The molecular weight excluding hydrogens is 308 g/mol. The molecule has 4 aromatic rings. The lowest BCUT2D eigenvalue weighted by molar-refractivity contribution is 0.928. The van der Waals surface area contributed by atoms with Crippen LogP contribution in [0.1, 0.15) is 9.88 Å². The van der Waals surface area contributed by atoms with Gasteiger partial charge in [0, 0.05) is 22.7 Å². The van der Waals surface area contributed by atoms with Gasteiger partial charge < -0.3 is 5.32 Å². The Hall–Kier alpha value is -2.80. The van der Waals surface area contributed by atoms with E-state index in [1.807, 2.05) is 49.5 Å². The van der Waals surface area contributed by atoms with Crippen LogP contribution in [-0.4, -0.2) is 24.6 Å². The predicted octanol–water partition coefficient (Wildman–Crippen LogP) is 3.17. The largest absolute Gasteiger partial charge is 0.365 e. The lowest BCUT2D eigenvalue weighted by atomic mass is 10.1. The molecule has 4 rings (SSSR count). The first kappa shape index (κ1) is 13.8. The van der Waals surface area contributed by atoms with Gasteiger partial charge in [0.05, 0.1) is 17.2 Å². The van der Waals surface area contributed by atoms with Gasteiger partial charge in [-0.25, -0.2) is 9.97 Å². The highest BCUT2D eigenvalue weighted by molar-refractivity contribution is 7.11. The molecule has 114 valence electrons. The highest BCUT2D eigenvalue weighted by atomic mass is 32.1. The predicted molar refractivity (Wildman–Crippen MR) is 90.4 cm³/mol. The monoisotopic (exact) mass is 322 g/mol. The van der Waals surface area contributed by atoms with Crippen molar-refractivity contribution in [2.75, 3.05) is 5.32 Å². The molecule has 0 amide bonds. The van der Waals surface area contributed by atoms with Crippen LogP contribution in [0.3, 0.4) is 0 Å². The molecule has 3 aromatic heterocycles. The maximum absolute atomic E-state index is 4.56. The summed E-state index contributed by atoms with van der Waals surface area (Å²) < 4.78 is 1.71. The zero-order valence-corrected chi connectivity index (χ0v) is 13.3.